The summed E-state index contributed by atoms with van der Waals surface area (Å²) in [5.74, 6) is -0.576. The van der Waals surface area contributed by atoms with Crippen molar-refractivity contribution in [1.82, 2.24) is 4.72 Å². The molecular formula is C18H18ClNO4S. The van der Waals surface area contributed by atoms with Crippen LogP contribution in [0, 0.1) is 0 Å². The molecule has 1 aliphatic rings. The molecule has 1 fully saturated rings. The van der Waals surface area contributed by atoms with Crippen molar-refractivity contribution in [1.29, 1.82) is 0 Å². The Morgan fingerprint density at radius 2 is 1.84 bits per heavy atom. The van der Waals surface area contributed by atoms with Crippen molar-refractivity contribution in [2.24, 2.45) is 0 Å². The Kier molecular flexibility index (Phi) is 4.86. The molecule has 0 spiro atoms. The lowest BCUT2D eigenvalue weighted by Gasteiger charge is -2.42. The number of rotatable bonds is 5. The summed E-state index contributed by atoms with van der Waals surface area (Å²) in [5, 5.41) is 0.604. The summed E-state index contributed by atoms with van der Waals surface area (Å²) in [6.45, 7) is 0. The van der Waals surface area contributed by atoms with Gasteiger partial charge in [0.2, 0.25) is 10.0 Å². The molecule has 0 aromatic heterocycles. The summed E-state index contributed by atoms with van der Waals surface area (Å²) in [4.78, 5) is 11.7. The zero-order valence-corrected chi connectivity index (χ0v) is 15.2. The van der Waals surface area contributed by atoms with Crippen molar-refractivity contribution < 1.29 is 17.9 Å². The quantitative estimate of drug-likeness (QED) is 0.807. The Balaban J connectivity index is 1.92. The molecule has 1 N–H and O–H groups in total. The van der Waals surface area contributed by atoms with Crippen molar-refractivity contribution in [2.45, 2.75) is 29.7 Å². The lowest BCUT2D eigenvalue weighted by molar-refractivity contribution is 0.0600. The predicted molar refractivity (Wildman–Crippen MR) is 95.1 cm³/mol. The fourth-order valence-corrected chi connectivity index (χ4v) is 4.59. The lowest BCUT2D eigenvalue weighted by atomic mass is 9.73. The molecule has 0 unspecified atom stereocenters. The highest BCUT2D eigenvalue weighted by Gasteiger charge is 2.42. The first-order valence-electron chi connectivity index (χ1n) is 7.85. The van der Waals surface area contributed by atoms with Crippen LogP contribution in [0.5, 0.6) is 0 Å². The largest absolute Gasteiger partial charge is 0.465 e. The van der Waals surface area contributed by atoms with Crippen molar-refractivity contribution in [3.8, 4) is 0 Å². The van der Waals surface area contributed by atoms with Crippen LogP contribution in [0.2, 0.25) is 5.02 Å². The van der Waals surface area contributed by atoms with Crippen LogP contribution in [0.15, 0.2) is 53.4 Å². The van der Waals surface area contributed by atoms with Gasteiger partial charge in [0.25, 0.3) is 0 Å². The Bertz CT molecular complexity index is 890. The average molecular weight is 380 g/mol. The summed E-state index contributed by atoms with van der Waals surface area (Å²) in [6, 6.07) is 13.0. The number of hydrogen-bond acceptors (Lipinski definition) is 4. The van der Waals surface area contributed by atoms with E-state index < -0.39 is 21.5 Å². The molecule has 2 aromatic carbocycles. The molecule has 5 nitrogen and oxygen atoms in total. The summed E-state index contributed by atoms with van der Waals surface area (Å²) >= 11 is 5.93. The third kappa shape index (κ3) is 3.56. The minimum absolute atomic E-state index is 0.0376. The molecule has 1 saturated carbocycles. The number of esters is 1. The Morgan fingerprint density at radius 1 is 1.16 bits per heavy atom. The fraction of sp³-hybridized carbons (Fsp3) is 0.278. The minimum Gasteiger partial charge on any atom is -0.465 e. The molecule has 1 aliphatic carbocycles. The molecular weight excluding hydrogens is 362 g/mol. The summed E-state index contributed by atoms with van der Waals surface area (Å²) < 4.78 is 33.2. The van der Waals surface area contributed by atoms with Crippen molar-refractivity contribution in [3.05, 3.63) is 64.7 Å². The Labute approximate surface area is 152 Å². The number of carbonyl (C=O) groups excluding carboxylic acids is 1. The van der Waals surface area contributed by atoms with E-state index in [2.05, 4.69) is 9.46 Å². The number of benzene rings is 2. The maximum absolute atomic E-state index is 12.9. The minimum atomic E-state index is -3.79. The van der Waals surface area contributed by atoms with Gasteiger partial charge in [-0.15, -0.1) is 0 Å². The van der Waals surface area contributed by atoms with Gasteiger partial charge in [-0.3, -0.25) is 0 Å². The van der Waals surface area contributed by atoms with E-state index in [0.29, 0.717) is 17.9 Å². The maximum atomic E-state index is 12.9. The Hall–Kier alpha value is -1.89. The number of ether oxygens (including phenoxy) is 1. The van der Waals surface area contributed by atoms with Gasteiger partial charge in [-0.1, -0.05) is 29.8 Å². The van der Waals surface area contributed by atoms with E-state index in [1.807, 2.05) is 12.1 Å². The smallest absolute Gasteiger partial charge is 0.337 e. The molecule has 7 heteroatoms. The van der Waals surface area contributed by atoms with Crippen molar-refractivity contribution >= 4 is 27.6 Å². The van der Waals surface area contributed by atoms with E-state index >= 15 is 0 Å². The molecule has 0 radical (unpaired) electrons. The second kappa shape index (κ2) is 6.78. The molecule has 2 aromatic rings. The molecule has 0 aliphatic heterocycles. The van der Waals surface area contributed by atoms with E-state index in [9.17, 15) is 13.2 Å². The third-order valence-corrected chi connectivity index (χ3v) is 6.29. The first-order chi connectivity index (χ1) is 11.9. The molecule has 0 heterocycles. The monoisotopic (exact) mass is 379 g/mol. The van der Waals surface area contributed by atoms with Gasteiger partial charge in [0.15, 0.2) is 0 Å². The first-order valence-corrected chi connectivity index (χ1v) is 9.71. The van der Waals surface area contributed by atoms with Gasteiger partial charge in [0.05, 0.1) is 23.1 Å². The van der Waals surface area contributed by atoms with E-state index in [4.69, 9.17) is 11.6 Å². The van der Waals surface area contributed by atoms with Crippen LogP contribution in [0.1, 0.15) is 35.2 Å². The van der Waals surface area contributed by atoms with Crippen LogP contribution in [-0.4, -0.2) is 21.5 Å². The highest BCUT2D eigenvalue weighted by Crippen LogP contribution is 2.42. The van der Waals surface area contributed by atoms with Crippen LogP contribution in [0.25, 0.3) is 0 Å². The molecule has 25 heavy (non-hydrogen) atoms. The number of sulfonamides is 1. The first kappa shape index (κ1) is 17.9. The molecule has 0 amide bonds. The Morgan fingerprint density at radius 3 is 2.40 bits per heavy atom. The highest BCUT2D eigenvalue weighted by molar-refractivity contribution is 7.89. The number of carbonyl (C=O) groups is 1. The fourth-order valence-electron chi connectivity index (χ4n) is 2.97. The maximum Gasteiger partial charge on any atom is 0.337 e. The average Bonchev–Trinajstić information content (AvgIpc) is 2.58. The van der Waals surface area contributed by atoms with Gasteiger partial charge < -0.3 is 4.74 Å². The molecule has 0 saturated heterocycles. The number of methoxy groups -OCH3 is 1. The van der Waals surface area contributed by atoms with Gasteiger partial charge in [0, 0.05) is 5.02 Å². The van der Waals surface area contributed by atoms with Crippen molar-refractivity contribution in [2.75, 3.05) is 7.11 Å². The molecule has 132 valence electrons. The molecule has 0 atom stereocenters. The van der Waals surface area contributed by atoms with E-state index in [1.165, 1.54) is 31.4 Å². The third-order valence-electron chi connectivity index (χ3n) is 4.50. The van der Waals surface area contributed by atoms with Gasteiger partial charge in [-0.2, -0.15) is 0 Å². The van der Waals surface area contributed by atoms with Gasteiger partial charge in [-0.25, -0.2) is 17.9 Å². The molecule has 0 bridgehead atoms. The topological polar surface area (TPSA) is 72.5 Å². The van der Waals surface area contributed by atoms with Crippen LogP contribution in [0.4, 0.5) is 0 Å². The van der Waals surface area contributed by atoms with Crippen LogP contribution < -0.4 is 4.72 Å². The number of nitrogens with one attached hydrogen (secondary N) is 1. The SMILES string of the molecule is COC(=O)c1cccc(S(=O)(=O)NC2(c3ccc(Cl)cc3)CCC2)c1. The number of hydrogen-bond donors (Lipinski definition) is 1. The predicted octanol–water partition coefficient (Wildman–Crippen LogP) is 3.48. The normalized spacial score (nSPS) is 16.1. The molecule has 3 rings (SSSR count). The second-order valence-corrected chi connectivity index (χ2v) is 8.19. The van der Waals surface area contributed by atoms with Gasteiger partial charge in [-0.05, 0) is 55.2 Å². The summed E-state index contributed by atoms with van der Waals surface area (Å²) in [5.41, 5.74) is 0.445. The van der Waals surface area contributed by atoms with E-state index in [-0.39, 0.29) is 10.5 Å². The highest BCUT2D eigenvalue weighted by atomic mass is 35.5. The van der Waals surface area contributed by atoms with Crippen LogP contribution >= 0.6 is 11.6 Å². The number of halogens is 1. The zero-order valence-electron chi connectivity index (χ0n) is 13.7. The second-order valence-electron chi connectivity index (χ2n) is 6.07. The summed E-state index contributed by atoms with van der Waals surface area (Å²) in [6.07, 6.45) is 2.36. The van der Waals surface area contributed by atoms with Gasteiger partial charge in [0.1, 0.15) is 0 Å². The lowest BCUT2D eigenvalue weighted by Crippen LogP contribution is -2.50. The van der Waals surface area contributed by atoms with Crippen LogP contribution in [0.3, 0.4) is 0 Å². The summed E-state index contributed by atoms with van der Waals surface area (Å²) in [7, 11) is -2.54. The zero-order chi connectivity index (χ0) is 18.1. The standard InChI is InChI=1S/C18H18ClNO4S/c1-24-17(21)13-4-2-5-16(12-13)25(22,23)20-18(10-3-11-18)14-6-8-15(19)9-7-14/h2,4-9,12,20H,3,10-11H2,1H3. The van der Waals surface area contributed by atoms with E-state index in [0.717, 1.165) is 12.0 Å². The van der Waals surface area contributed by atoms with Gasteiger partial charge >= 0.3 is 5.97 Å². The van der Waals surface area contributed by atoms with Crippen molar-refractivity contribution in [3.63, 3.8) is 0 Å². The van der Waals surface area contributed by atoms with E-state index in [1.54, 1.807) is 12.1 Å². The van der Waals surface area contributed by atoms with Crippen LogP contribution in [-0.2, 0) is 20.3 Å².